The van der Waals surface area contributed by atoms with E-state index in [1.165, 1.54) is 24.3 Å². The lowest BCUT2D eigenvalue weighted by Gasteiger charge is -2.45. The van der Waals surface area contributed by atoms with Gasteiger partial charge in [-0.15, -0.1) is 0 Å². The smallest absolute Gasteiger partial charge is 0.252 e. The van der Waals surface area contributed by atoms with Crippen LogP contribution >= 0.6 is 0 Å². The number of halogens is 4. The molecule has 2 aliphatic rings. The molecular weight excluding hydrogens is 571 g/mol. The quantitative estimate of drug-likeness (QED) is 0.144. The van der Waals surface area contributed by atoms with Gasteiger partial charge in [-0.25, -0.2) is 17.6 Å². The van der Waals surface area contributed by atoms with Crippen LogP contribution in [0.3, 0.4) is 0 Å². The van der Waals surface area contributed by atoms with E-state index in [1.807, 2.05) is 24.3 Å². The molecule has 0 fully saturated rings. The van der Waals surface area contributed by atoms with Gasteiger partial charge in [0.2, 0.25) is 0 Å². The summed E-state index contributed by atoms with van der Waals surface area (Å²) in [6, 6.07) is 25.1. The van der Waals surface area contributed by atoms with Crippen LogP contribution in [-0.2, 0) is 10.8 Å². The Hall–Kier alpha value is -4.52. The van der Waals surface area contributed by atoms with Crippen LogP contribution in [0.25, 0.3) is 0 Å². The number of hydrogen-bond donors (Lipinski definition) is 0. The molecule has 0 atom stereocenters. The first kappa shape index (κ1) is 29.2. The number of nitrogens with zero attached hydrogens (tertiary/aromatic N) is 2. The highest BCUT2D eigenvalue weighted by Crippen LogP contribution is 2.46. The minimum absolute atomic E-state index is 0.197. The molecule has 7 heteroatoms. The van der Waals surface area contributed by atoms with Crippen molar-refractivity contribution < 1.29 is 17.6 Å². The van der Waals surface area contributed by atoms with Crippen molar-refractivity contribution in [2.75, 3.05) is 9.80 Å². The van der Waals surface area contributed by atoms with Crippen LogP contribution in [0, 0.1) is 23.3 Å². The summed E-state index contributed by atoms with van der Waals surface area (Å²) in [6.45, 7) is 12.3. The first-order chi connectivity index (χ1) is 21.2. The molecule has 7 rings (SSSR count). The van der Waals surface area contributed by atoms with Gasteiger partial charge in [-0.3, -0.25) is 0 Å². The second-order valence-electron chi connectivity index (χ2n) is 14.1. The van der Waals surface area contributed by atoms with E-state index in [2.05, 4.69) is 53.7 Å². The van der Waals surface area contributed by atoms with Gasteiger partial charge in [0.1, 0.15) is 23.3 Å². The summed E-state index contributed by atoms with van der Waals surface area (Å²) in [6.07, 6.45) is 0. The van der Waals surface area contributed by atoms with Crippen molar-refractivity contribution in [3.63, 3.8) is 0 Å². The Kier molecular flexibility index (Phi) is 6.49. The predicted octanol–water partition coefficient (Wildman–Crippen LogP) is 8.92. The van der Waals surface area contributed by atoms with E-state index >= 15 is 8.78 Å². The Balaban J connectivity index is 1.64. The monoisotopic (exact) mass is 604 g/mol. The molecule has 2 nitrogen and oxygen atoms in total. The van der Waals surface area contributed by atoms with Gasteiger partial charge in [0.25, 0.3) is 6.71 Å². The summed E-state index contributed by atoms with van der Waals surface area (Å²) in [5.74, 6) is -2.27. The lowest BCUT2D eigenvalue weighted by Crippen LogP contribution is -2.62. The van der Waals surface area contributed by atoms with Gasteiger partial charge < -0.3 is 9.80 Å². The zero-order valence-electron chi connectivity index (χ0n) is 26.1. The number of anilines is 6. The second-order valence-corrected chi connectivity index (χ2v) is 14.1. The minimum atomic E-state index is -0.722. The molecule has 2 aliphatic heterocycles. The lowest BCUT2D eigenvalue weighted by atomic mass is 9.33. The fraction of sp³-hybridized carbons (Fsp3) is 0.211. The summed E-state index contributed by atoms with van der Waals surface area (Å²) in [4.78, 5) is 3.54. The summed E-state index contributed by atoms with van der Waals surface area (Å²) >= 11 is 0. The third kappa shape index (κ3) is 4.63. The molecule has 5 aromatic rings. The van der Waals surface area contributed by atoms with Crippen LogP contribution in [0.1, 0.15) is 52.7 Å². The van der Waals surface area contributed by atoms with Crippen molar-refractivity contribution in [1.29, 1.82) is 0 Å². The molecule has 0 aromatic heterocycles. The van der Waals surface area contributed by atoms with Crippen molar-refractivity contribution in [2.45, 2.75) is 52.4 Å². The summed E-state index contributed by atoms with van der Waals surface area (Å²) in [5, 5.41) is 0. The molecule has 0 spiro atoms. The van der Waals surface area contributed by atoms with Crippen LogP contribution < -0.4 is 26.2 Å². The van der Waals surface area contributed by atoms with E-state index in [0.717, 1.165) is 39.5 Å². The van der Waals surface area contributed by atoms with Gasteiger partial charge in [0, 0.05) is 28.8 Å². The average molecular weight is 605 g/mol. The Morgan fingerprint density at radius 2 is 0.867 bits per heavy atom. The van der Waals surface area contributed by atoms with E-state index < -0.39 is 30.0 Å². The van der Waals surface area contributed by atoms with Gasteiger partial charge >= 0.3 is 0 Å². The fourth-order valence-corrected chi connectivity index (χ4v) is 6.69. The van der Waals surface area contributed by atoms with E-state index in [9.17, 15) is 8.78 Å². The largest absolute Gasteiger partial charge is 0.309 e. The summed E-state index contributed by atoms with van der Waals surface area (Å²) < 4.78 is 61.1. The SMILES string of the molecule is CC(C)(C)c1ccc2c(c1)B1c3cc(C(C)(C)C)ccc3N(c3ccc(F)cc3)c3c(F)cc(F)c(c31)N2c1ccc(F)cc1. The normalized spacial score (nSPS) is 13.9. The maximum absolute atomic E-state index is 16.4. The summed E-state index contributed by atoms with van der Waals surface area (Å²) in [5.41, 5.74) is 7.03. The van der Waals surface area contributed by atoms with Crippen LogP contribution in [0.5, 0.6) is 0 Å². The molecule has 0 aliphatic carbocycles. The van der Waals surface area contributed by atoms with Gasteiger partial charge in [-0.05, 0) is 99.0 Å². The zero-order valence-corrected chi connectivity index (χ0v) is 26.1. The second kappa shape index (κ2) is 10.00. The Morgan fingerprint density at radius 3 is 1.22 bits per heavy atom. The first-order valence-electron chi connectivity index (χ1n) is 15.2. The Morgan fingerprint density at radius 1 is 0.489 bits per heavy atom. The highest BCUT2D eigenvalue weighted by atomic mass is 19.1. The molecule has 226 valence electrons. The summed E-state index contributed by atoms with van der Waals surface area (Å²) in [7, 11) is 0. The third-order valence-electron chi connectivity index (χ3n) is 9.01. The molecule has 5 aromatic carbocycles. The predicted molar refractivity (Wildman–Crippen MR) is 178 cm³/mol. The standard InChI is InChI=1S/C38H33BF4N2/c1-37(2,3)22-7-17-32-28(19-22)39-29-20-23(38(4,5)6)8-18-33(29)45(27-15-11-25(41)12-16-27)36-31(43)21-30(42)35(34(36)39)44(32)26-13-9-24(40)10-14-26/h7-21H,1-6H3. The van der Waals surface area contributed by atoms with Gasteiger partial charge in [0.05, 0.1) is 11.4 Å². The van der Waals surface area contributed by atoms with E-state index in [1.54, 1.807) is 34.1 Å². The van der Waals surface area contributed by atoms with Crippen LogP contribution in [0.15, 0.2) is 91.0 Å². The topological polar surface area (TPSA) is 6.48 Å². The maximum Gasteiger partial charge on any atom is 0.252 e. The van der Waals surface area contributed by atoms with Gasteiger partial charge in [-0.1, -0.05) is 65.8 Å². The third-order valence-corrected chi connectivity index (χ3v) is 9.01. The molecule has 0 saturated carbocycles. The first-order valence-corrected chi connectivity index (χ1v) is 15.2. The molecule has 0 bridgehead atoms. The molecule has 0 saturated heterocycles. The minimum Gasteiger partial charge on any atom is -0.309 e. The highest BCUT2D eigenvalue weighted by Gasteiger charge is 2.46. The van der Waals surface area contributed by atoms with Crippen molar-refractivity contribution in [3.05, 3.63) is 125 Å². The fourth-order valence-electron chi connectivity index (χ4n) is 6.69. The molecule has 0 amide bonds. The molecular formula is C38H33BF4N2. The molecule has 0 N–H and O–H groups in total. The number of hydrogen-bond acceptors (Lipinski definition) is 2. The number of rotatable bonds is 2. The Labute approximate surface area is 262 Å². The van der Waals surface area contributed by atoms with Crippen molar-refractivity contribution in [1.82, 2.24) is 0 Å². The van der Waals surface area contributed by atoms with Gasteiger partial charge in [0.15, 0.2) is 0 Å². The van der Waals surface area contributed by atoms with Crippen LogP contribution in [-0.4, -0.2) is 6.71 Å². The van der Waals surface area contributed by atoms with E-state index in [-0.39, 0.29) is 22.2 Å². The van der Waals surface area contributed by atoms with Crippen molar-refractivity contribution in [3.8, 4) is 0 Å². The number of fused-ring (bicyclic) bond motifs is 4. The van der Waals surface area contributed by atoms with Crippen molar-refractivity contribution in [2.24, 2.45) is 0 Å². The molecule has 45 heavy (non-hydrogen) atoms. The average Bonchev–Trinajstić information content (AvgIpc) is 2.98. The van der Waals surface area contributed by atoms with E-state index in [4.69, 9.17) is 0 Å². The molecule has 0 radical (unpaired) electrons. The molecule has 0 unspecified atom stereocenters. The number of benzene rings is 5. The van der Waals surface area contributed by atoms with Gasteiger partial charge in [-0.2, -0.15) is 0 Å². The van der Waals surface area contributed by atoms with E-state index in [0.29, 0.717) is 16.8 Å². The maximum atomic E-state index is 16.4. The lowest BCUT2D eigenvalue weighted by molar-refractivity contribution is 0.585. The van der Waals surface area contributed by atoms with Crippen molar-refractivity contribution >= 4 is 57.2 Å². The van der Waals surface area contributed by atoms with Crippen LogP contribution in [0.2, 0.25) is 0 Å². The van der Waals surface area contributed by atoms with Crippen LogP contribution in [0.4, 0.5) is 51.7 Å². The molecule has 2 heterocycles. The zero-order chi connectivity index (χ0) is 32.0. The Bertz CT molecular complexity index is 1830. The highest BCUT2D eigenvalue weighted by molar-refractivity contribution is 7.00.